The first-order chi connectivity index (χ1) is 10.2. The highest BCUT2D eigenvalue weighted by atomic mass is 32.2. The lowest BCUT2D eigenvalue weighted by Crippen LogP contribution is -2.10. The molecule has 0 fully saturated rings. The molecule has 0 aliphatic heterocycles. The smallest absolute Gasteiger partial charge is 0.342 e. The summed E-state index contributed by atoms with van der Waals surface area (Å²) in [5, 5.41) is 10.9. The Kier molecular flexibility index (Phi) is 4.29. The molecular weight excluding hydrogens is 310 g/mol. The van der Waals surface area contributed by atoms with Crippen LogP contribution in [0.5, 0.6) is 0 Å². The van der Waals surface area contributed by atoms with Crippen LogP contribution in [0.15, 0.2) is 29.3 Å². The van der Waals surface area contributed by atoms with Gasteiger partial charge in [-0.15, -0.1) is 0 Å². The maximum Gasteiger partial charge on any atom is 0.342 e. The Balaban J connectivity index is 2.35. The normalized spacial score (nSPS) is 11.6. The van der Waals surface area contributed by atoms with Gasteiger partial charge in [0, 0.05) is 13.3 Å². The van der Waals surface area contributed by atoms with Gasteiger partial charge in [0.25, 0.3) is 10.1 Å². The van der Waals surface area contributed by atoms with Gasteiger partial charge in [-0.05, 0) is 23.5 Å². The van der Waals surface area contributed by atoms with E-state index in [0.717, 1.165) is 11.8 Å². The van der Waals surface area contributed by atoms with Gasteiger partial charge in [-0.2, -0.15) is 8.42 Å². The van der Waals surface area contributed by atoms with Crippen molar-refractivity contribution in [1.82, 2.24) is 9.55 Å². The molecule has 0 saturated heterocycles. The topological polar surface area (TPSA) is 115 Å². The standard InChI is InChI=1S/C13H15N3O5S/c1-9-3-4-12(22(19,20)21)11(7-9)5-6-15-10(2)14-8-13(15)16(17)18/h3-4,7-8H,5-6H2,1-2H3,(H,19,20,21). The number of nitrogens with zero attached hydrogens (tertiary/aromatic N) is 3. The summed E-state index contributed by atoms with van der Waals surface area (Å²) in [7, 11) is -4.34. The molecule has 1 aromatic carbocycles. The van der Waals surface area contributed by atoms with Gasteiger partial charge in [-0.25, -0.2) is 9.55 Å². The van der Waals surface area contributed by atoms with Crippen LogP contribution in [0.25, 0.3) is 0 Å². The highest BCUT2D eigenvalue weighted by Gasteiger charge is 2.20. The van der Waals surface area contributed by atoms with Crippen molar-refractivity contribution in [2.24, 2.45) is 0 Å². The zero-order valence-electron chi connectivity index (χ0n) is 12.1. The van der Waals surface area contributed by atoms with Crippen molar-refractivity contribution < 1.29 is 17.9 Å². The molecule has 22 heavy (non-hydrogen) atoms. The number of aromatic nitrogens is 2. The molecule has 9 heteroatoms. The van der Waals surface area contributed by atoms with Crippen molar-refractivity contribution in [1.29, 1.82) is 0 Å². The molecular formula is C13H15N3O5S. The van der Waals surface area contributed by atoms with Crippen LogP contribution in [0, 0.1) is 24.0 Å². The summed E-state index contributed by atoms with van der Waals surface area (Å²) in [6.07, 6.45) is 1.38. The molecule has 0 aliphatic rings. The maximum absolute atomic E-state index is 11.4. The van der Waals surface area contributed by atoms with Crippen molar-refractivity contribution >= 4 is 15.9 Å². The van der Waals surface area contributed by atoms with E-state index < -0.39 is 15.0 Å². The fourth-order valence-electron chi connectivity index (χ4n) is 2.27. The van der Waals surface area contributed by atoms with Gasteiger partial charge in [-0.1, -0.05) is 17.7 Å². The van der Waals surface area contributed by atoms with Crippen LogP contribution in [0.3, 0.4) is 0 Å². The minimum Gasteiger partial charge on any atom is -0.358 e. The van der Waals surface area contributed by atoms with Gasteiger partial charge in [0.2, 0.25) is 0 Å². The largest absolute Gasteiger partial charge is 0.358 e. The van der Waals surface area contributed by atoms with E-state index in [9.17, 15) is 23.1 Å². The SMILES string of the molecule is Cc1ccc(S(=O)(=O)O)c(CCn2c([N+](=O)[O-])cnc2C)c1. The third-order valence-electron chi connectivity index (χ3n) is 3.32. The van der Waals surface area contributed by atoms with Gasteiger partial charge in [0.05, 0.1) is 11.4 Å². The van der Waals surface area contributed by atoms with Crippen molar-refractivity contribution in [3.63, 3.8) is 0 Å². The number of rotatable bonds is 5. The average Bonchev–Trinajstić information content (AvgIpc) is 2.76. The van der Waals surface area contributed by atoms with E-state index in [1.807, 2.05) is 0 Å². The van der Waals surface area contributed by atoms with Crippen molar-refractivity contribution in [3.05, 3.63) is 51.5 Å². The third-order valence-corrected chi connectivity index (χ3v) is 4.27. The molecule has 0 spiro atoms. The van der Waals surface area contributed by atoms with Crippen LogP contribution < -0.4 is 0 Å². The van der Waals surface area contributed by atoms with Gasteiger partial charge in [-0.3, -0.25) is 4.55 Å². The van der Waals surface area contributed by atoms with Crippen LogP contribution in [-0.2, 0) is 23.1 Å². The maximum atomic E-state index is 11.4. The Morgan fingerprint density at radius 2 is 2.05 bits per heavy atom. The van der Waals surface area contributed by atoms with Crippen LogP contribution in [0.1, 0.15) is 17.0 Å². The molecule has 1 heterocycles. The first-order valence-electron chi connectivity index (χ1n) is 6.43. The molecule has 1 aromatic heterocycles. The second kappa shape index (κ2) is 5.85. The Hall–Kier alpha value is -2.26. The van der Waals surface area contributed by atoms with E-state index in [2.05, 4.69) is 4.98 Å². The molecule has 0 radical (unpaired) electrons. The zero-order chi connectivity index (χ0) is 16.5. The first kappa shape index (κ1) is 16.1. The lowest BCUT2D eigenvalue weighted by Gasteiger charge is -2.08. The number of imidazole rings is 1. The molecule has 0 unspecified atom stereocenters. The molecule has 2 aromatic rings. The summed E-state index contributed by atoms with van der Waals surface area (Å²) in [6.45, 7) is 3.61. The van der Waals surface area contributed by atoms with Gasteiger partial charge in [0.15, 0.2) is 5.82 Å². The van der Waals surface area contributed by atoms with E-state index in [4.69, 9.17) is 0 Å². The lowest BCUT2D eigenvalue weighted by atomic mass is 10.1. The van der Waals surface area contributed by atoms with Crippen molar-refractivity contribution in [3.8, 4) is 0 Å². The first-order valence-corrected chi connectivity index (χ1v) is 7.87. The third kappa shape index (κ3) is 3.31. The summed E-state index contributed by atoms with van der Waals surface area (Å²) >= 11 is 0. The number of aryl methyl sites for hydroxylation is 3. The lowest BCUT2D eigenvalue weighted by molar-refractivity contribution is -0.392. The molecule has 1 N–H and O–H groups in total. The van der Waals surface area contributed by atoms with Crippen LogP contribution in [0.2, 0.25) is 0 Å². The molecule has 0 bridgehead atoms. The number of nitro groups is 1. The molecule has 0 saturated carbocycles. The van der Waals surface area contributed by atoms with Gasteiger partial charge >= 0.3 is 5.82 Å². The second-order valence-electron chi connectivity index (χ2n) is 4.91. The van der Waals surface area contributed by atoms with Crippen LogP contribution in [0.4, 0.5) is 5.82 Å². The van der Waals surface area contributed by atoms with Crippen LogP contribution in [-0.4, -0.2) is 27.4 Å². The molecule has 0 atom stereocenters. The quantitative estimate of drug-likeness (QED) is 0.510. The molecule has 2 rings (SSSR count). The molecule has 8 nitrogen and oxygen atoms in total. The highest BCUT2D eigenvalue weighted by molar-refractivity contribution is 7.85. The summed E-state index contributed by atoms with van der Waals surface area (Å²) < 4.78 is 33.5. The minimum absolute atomic E-state index is 0.154. The fourth-order valence-corrected chi connectivity index (χ4v) is 3.00. The van der Waals surface area contributed by atoms with Gasteiger partial charge in [0.1, 0.15) is 6.20 Å². The summed E-state index contributed by atoms with van der Waals surface area (Å²) in [5.74, 6) is 0.311. The minimum atomic E-state index is -4.34. The average molecular weight is 325 g/mol. The Morgan fingerprint density at radius 1 is 1.36 bits per heavy atom. The van der Waals surface area contributed by atoms with Crippen molar-refractivity contribution in [2.45, 2.75) is 31.7 Å². The van der Waals surface area contributed by atoms with E-state index in [1.54, 1.807) is 26.0 Å². The highest BCUT2D eigenvalue weighted by Crippen LogP contribution is 2.20. The van der Waals surface area contributed by atoms with E-state index >= 15 is 0 Å². The Bertz CT molecular complexity index is 826. The second-order valence-corrected chi connectivity index (χ2v) is 6.30. The van der Waals surface area contributed by atoms with Crippen LogP contribution >= 0.6 is 0 Å². The summed E-state index contributed by atoms with van der Waals surface area (Å²) in [4.78, 5) is 14.1. The van der Waals surface area contributed by atoms with E-state index in [0.29, 0.717) is 11.4 Å². The number of hydrogen-bond donors (Lipinski definition) is 1. The molecule has 0 aliphatic carbocycles. The molecule has 118 valence electrons. The summed E-state index contributed by atoms with van der Waals surface area (Å²) in [6, 6.07) is 4.55. The van der Waals surface area contributed by atoms with Gasteiger partial charge < -0.3 is 10.1 Å². The monoisotopic (exact) mass is 325 g/mol. The van der Waals surface area contributed by atoms with E-state index in [-0.39, 0.29) is 23.7 Å². The predicted molar refractivity (Wildman–Crippen MR) is 78.3 cm³/mol. The fraction of sp³-hybridized carbons (Fsp3) is 0.308. The Labute approximate surface area is 127 Å². The number of hydrogen-bond acceptors (Lipinski definition) is 5. The number of benzene rings is 1. The zero-order valence-corrected chi connectivity index (χ0v) is 12.9. The van der Waals surface area contributed by atoms with Crippen molar-refractivity contribution in [2.75, 3.05) is 0 Å². The molecule has 0 amide bonds. The summed E-state index contributed by atoms with van der Waals surface area (Å²) in [5.41, 5.74) is 1.24. The predicted octanol–water partition coefficient (Wildman–Crippen LogP) is 1.90. The Morgan fingerprint density at radius 3 is 2.64 bits per heavy atom. The van der Waals surface area contributed by atoms with E-state index in [1.165, 1.54) is 10.6 Å².